The minimum Gasteiger partial charge on any atom is -0.298 e. The van der Waals surface area contributed by atoms with Gasteiger partial charge < -0.3 is 0 Å². The van der Waals surface area contributed by atoms with Crippen molar-refractivity contribution in [3.8, 4) is 0 Å². The first-order valence-electron chi connectivity index (χ1n) is 6.05. The molecule has 0 aliphatic carbocycles. The summed E-state index contributed by atoms with van der Waals surface area (Å²) in [5.74, 6) is -0.514. The van der Waals surface area contributed by atoms with E-state index in [1.807, 2.05) is 13.8 Å². The first-order chi connectivity index (χ1) is 8.54. The number of hydrogen-bond donors (Lipinski definition) is 1. The molecule has 0 atom stereocenters. The summed E-state index contributed by atoms with van der Waals surface area (Å²) in [5, 5.41) is 2.67. The van der Waals surface area contributed by atoms with E-state index in [0.29, 0.717) is 6.54 Å². The highest BCUT2D eigenvalue weighted by Gasteiger charge is 2.32. The van der Waals surface area contributed by atoms with Crippen LogP contribution in [0.1, 0.15) is 26.7 Å². The van der Waals surface area contributed by atoms with Crippen molar-refractivity contribution < 1.29 is 9.59 Å². The third kappa shape index (κ3) is 3.04. The molecule has 2 amide bonds. The monoisotopic (exact) mass is 266 g/mol. The minimum atomic E-state index is -0.405. The molecule has 1 aliphatic rings. The van der Waals surface area contributed by atoms with Crippen molar-refractivity contribution in [1.29, 1.82) is 0 Å². The average molecular weight is 266 g/mol. The molecule has 0 radical (unpaired) electrons. The topological polar surface area (TPSA) is 49.4 Å². The molecule has 1 rings (SSSR count). The van der Waals surface area contributed by atoms with Crippen LogP contribution in [-0.2, 0) is 9.59 Å². The molecule has 1 aliphatic heterocycles. The normalized spacial score (nSPS) is 18.5. The molecule has 1 heterocycles. The summed E-state index contributed by atoms with van der Waals surface area (Å²) in [4.78, 5) is 25.3. The Balaban J connectivity index is 3.03. The summed E-state index contributed by atoms with van der Waals surface area (Å²) in [5.41, 5.74) is 0.180. The maximum atomic E-state index is 12.2. The van der Waals surface area contributed by atoms with Crippen molar-refractivity contribution >= 4 is 29.1 Å². The summed E-state index contributed by atoms with van der Waals surface area (Å²) in [6.45, 7) is 7.94. The predicted octanol–water partition coefficient (Wildman–Crippen LogP) is 1.78. The number of rotatable bonds is 5. The van der Waals surface area contributed by atoms with E-state index < -0.39 is 5.91 Å². The highest BCUT2D eigenvalue weighted by molar-refractivity contribution is 7.80. The number of nitrogens with one attached hydrogen (secondary N) is 1. The number of nitrogens with zero attached hydrogens (tertiary/aromatic N) is 1. The molecule has 0 unspecified atom stereocenters. The Bertz CT molecular complexity index is 411. The van der Waals surface area contributed by atoms with E-state index in [0.717, 1.165) is 12.8 Å². The second kappa shape index (κ2) is 6.44. The van der Waals surface area contributed by atoms with Crippen LogP contribution in [-0.4, -0.2) is 28.4 Å². The van der Waals surface area contributed by atoms with Gasteiger partial charge in [-0.15, -0.1) is 6.58 Å². The van der Waals surface area contributed by atoms with Crippen LogP contribution in [0.3, 0.4) is 0 Å². The van der Waals surface area contributed by atoms with Crippen LogP contribution in [0.4, 0.5) is 0 Å². The second-order valence-corrected chi connectivity index (χ2v) is 4.51. The van der Waals surface area contributed by atoms with Crippen molar-refractivity contribution in [3.63, 3.8) is 0 Å². The fraction of sp³-hybridized carbons (Fsp3) is 0.462. The zero-order valence-electron chi connectivity index (χ0n) is 10.7. The second-order valence-electron chi connectivity index (χ2n) is 4.12. The Morgan fingerprint density at radius 2 is 2.00 bits per heavy atom. The standard InChI is InChI=1S/C13H18N2O2S/c1-4-7-15-12(17)10(8-9(5-2)6-3)11(16)14-13(15)18/h4,8-9H,1,5-7H2,2-3H3,(H,14,16,18)/b10-8-. The quantitative estimate of drug-likeness (QED) is 0.357. The molecular weight excluding hydrogens is 248 g/mol. The van der Waals surface area contributed by atoms with Gasteiger partial charge in [-0.3, -0.25) is 19.8 Å². The molecule has 0 aromatic carbocycles. The van der Waals surface area contributed by atoms with Crippen molar-refractivity contribution in [2.24, 2.45) is 5.92 Å². The fourth-order valence-electron chi connectivity index (χ4n) is 1.77. The minimum absolute atomic E-state index is 0.145. The van der Waals surface area contributed by atoms with Crippen LogP contribution in [0.25, 0.3) is 0 Å². The van der Waals surface area contributed by atoms with Gasteiger partial charge in [-0.2, -0.15) is 0 Å². The van der Waals surface area contributed by atoms with Gasteiger partial charge >= 0.3 is 0 Å². The Hall–Kier alpha value is -1.49. The molecule has 0 saturated carbocycles. The molecule has 1 fully saturated rings. The van der Waals surface area contributed by atoms with Gasteiger partial charge in [0.2, 0.25) is 0 Å². The summed E-state index contributed by atoms with van der Waals surface area (Å²) in [6.07, 6.45) is 5.12. The lowest BCUT2D eigenvalue weighted by molar-refractivity contribution is -0.128. The predicted molar refractivity (Wildman–Crippen MR) is 74.8 cm³/mol. The zero-order valence-corrected chi connectivity index (χ0v) is 11.5. The van der Waals surface area contributed by atoms with Crippen LogP contribution >= 0.6 is 12.2 Å². The number of carbonyl (C=O) groups excluding carboxylic acids is 2. The number of thiocarbonyl (C=S) groups is 1. The third-order valence-electron chi connectivity index (χ3n) is 2.95. The van der Waals surface area contributed by atoms with Gasteiger partial charge in [-0.25, -0.2) is 0 Å². The molecule has 0 aromatic heterocycles. The largest absolute Gasteiger partial charge is 0.298 e. The van der Waals surface area contributed by atoms with Gasteiger partial charge in [0.15, 0.2) is 5.11 Å². The lowest BCUT2D eigenvalue weighted by atomic mass is 9.98. The van der Waals surface area contributed by atoms with Gasteiger partial charge in [-0.1, -0.05) is 26.0 Å². The zero-order chi connectivity index (χ0) is 13.7. The van der Waals surface area contributed by atoms with Gasteiger partial charge in [0.1, 0.15) is 5.57 Å². The van der Waals surface area contributed by atoms with E-state index in [2.05, 4.69) is 11.9 Å². The van der Waals surface area contributed by atoms with E-state index in [4.69, 9.17) is 12.2 Å². The van der Waals surface area contributed by atoms with Crippen LogP contribution in [0, 0.1) is 5.92 Å². The maximum Gasteiger partial charge on any atom is 0.265 e. The number of allylic oxidation sites excluding steroid dienone is 1. The smallest absolute Gasteiger partial charge is 0.265 e. The lowest BCUT2D eigenvalue weighted by Crippen LogP contribution is -2.54. The van der Waals surface area contributed by atoms with E-state index in [1.165, 1.54) is 4.90 Å². The van der Waals surface area contributed by atoms with E-state index in [1.54, 1.807) is 12.2 Å². The van der Waals surface area contributed by atoms with Crippen LogP contribution in [0.5, 0.6) is 0 Å². The van der Waals surface area contributed by atoms with Gasteiger partial charge in [0, 0.05) is 6.54 Å². The molecule has 18 heavy (non-hydrogen) atoms. The molecule has 0 bridgehead atoms. The van der Waals surface area contributed by atoms with Crippen molar-refractivity contribution in [2.75, 3.05) is 6.54 Å². The summed E-state index contributed by atoms with van der Waals surface area (Å²) in [7, 11) is 0. The maximum absolute atomic E-state index is 12.2. The SMILES string of the molecule is C=CCN1C(=O)/C(=C\C(CC)CC)C(=O)NC1=S. The summed E-state index contributed by atoms with van der Waals surface area (Å²) < 4.78 is 0. The van der Waals surface area contributed by atoms with Gasteiger partial charge in [0.05, 0.1) is 0 Å². The molecule has 1 N–H and O–H groups in total. The fourth-order valence-corrected chi connectivity index (χ4v) is 2.02. The van der Waals surface area contributed by atoms with E-state index >= 15 is 0 Å². The number of carbonyl (C=O) groups is 2. The average Bonchev–Trinajstić information content (AvgIpc) is 2.35. The van der Waals surface area contributed by atoms with Gasteiger partial charge in [-0.05, 0) is 31.0 Å². The van der Waals surface area contributed by atoms with E-state index in [9.17, 15) is 9.59 Å². The van der Waals surface area contributed by atoms with E-state index in [-0.39, 0.29) is 22.5 Å². The van der Waals surface area contributed by atoms with Crippen molar-refractivity contribution in [3.05, 3.63) is 24.3 Å². The van der Waals surface area contributed by atoms with Crippen molar-refractivity contribution in [1.82, 2.24) is 10.2 Å². The number of hydrogen-bond acceptors (Lipinski definition) is 3. The Kier molecular flexibility index (Phi) is 5.22. The molecular formula is C13H18N2O2S. The van der Waals surface area contributed by atoms with Crippen LogP contribution in [0.15, 0.2) is 24.3 Å². The first-order valence-corrected chi connectivity index (χ1v) is 6.45. The van der Waals surface area contributed by atoms with Gasteiger partial charge in [0.25, 0.3) is 11.8 Å². The molecule has 5 heteroatoms. The number of amides is 2. The van der Waals surface area contributed by atoms with Crippen LogP contribution in [0.2, 0.25) is 0 Å². The lowest BCUT2D eigenvalue weighted by Gasteiger charge is -2.28. The third-order valence-corrected chi connectivity index (χ3v) is 3.27. The first kappa shape index (κ1) is 14.6. The molecule has 0 spiro atoms. The van der Waals surface area contributed by atoms with Crippen molar-refractivity contribution in [2.45, 2.75) is 26.7 Å². The molecule has 98 valence electrons. The summed E-state index contributed by atoms with van der Waals surface area (Å²) in [6, 6.07) is 0. The highest BCUT2D eigenvalue weighted by Crippen LogP contribution is 2.16. The Morgan fingerprint density at radius 1 is 1.39 bits per heavy atom. The molecule has 0 aromatic rings. The highest BCUT2D eigenvalue weighted by atomic mass is 32.1. The molecule has 1 saturated heterocycles. The Labute approximate surface area is 113 Å². The molecule has 4 nitrogen and oxygen atoms in total. The summed E-state index contributed by atoms with van der Waals surface area (Å²) >= 11 is 4.97. The van der Waals surface area contributed by atoms with Crippen LogP contribution < -0.4 is 5.32 Å². The Morgan fingerprint density at radius 3 is 2.50 bits per heavy atom.